The highest BCUT2D eigenvalue weighted by Gasteiger charge is 2.41. The average molecular weight is 601 g/mol. The van der Waals surface area contributed by atoms with E-state index < -0.39 is 0 Å². The molecule has 2 aliphatic heterocycles. The minimum absolute atomic E-state index is 0.280. The van der Waals surface area contributed by atoms with Crippen LogP contribution < -0.4 is 20.3 Å². The second-order valence-corrected chi connectivity index (χ2v) is 12.4. The van der Waals surface area contributed by atoms with Crippen LogP contribution in [0.15, 0.2) is 150 Å². The summed E-state index contributed by atoms with van der Waals surface area (Å²) >= 11 is 0. The number of furan rings is 1. The van der Waals surface area contributed by atoms with Crippen LogP contribution in [0.25, 0.3) is 71.7 Å². The molecular formula is C42H24BNO3. The van der Waals surface area contributed by atoms with Gasteiger partial charge in [0.05, 0.1) is 11.0 Å². The number of hydrogen-bond acceptors (Lipinski definition) is 3. The van der Waals surface area contributed by atoms with Gasteiger partial charge in [-0.15, -0.1) is 0 Å². The maximum Gasteiger partial charge on any atom is 0.434 e. The molecule has 5 heteroatoms. The number of para-hydroxylation sites is 4. The first-order valence-electron chi connectivity index (χ1n) is 15.9. The van der Waals surface area contributed by atoms with E-state index in [2.05, 4.69) is 132 Å². The zero-order valence-corrected chi connectivity index (χ0v) is 25.1. The van der Waals surface area contributed by atoms with Crippen molar-refractivity contribution in [2.24, 2.45) is 0 Å². The molecule has 0 amide bonds. The predicted octanol–water partition coefficient (Wildman–Crippen LogP) is 9.62. The van der Waals surface area contributed by atoms with Gasteiger partial charge in [-0.1, -0.05) is 84.9 Å². The molecular weight excluding hydrogens is 577 g/mol. The molecule has 4 heterocycles. The summed E-state index contributed by atoms with van der Waals surface area (Å²) in [6.45, 7) is -0.280. The number of hydrogen-bond donors (Lipinski definition) is 0. The van der Waals surface area contributed by atoms with Gasteiger partial charge >= 0.3 is 6.92 Å². The van der Waals surface area contributed by atoms with Gasteiger partial charge in [0, 0.05) is 49.8 Å². The third-order valence-electron chi connectivity index (χ3n) is 9.88. The summed E-state index contributed by atoms with van der Waals surface area (Å²) in [6, 6.07) is 51.1. The van der Waals surface area contributed by atoms with Crippen LogP contribution in [0, 0.1) is 0 Å². The van der Waals surface area contributed by atoms with Crippen molar-refractivity contribution in [3.63, 3.8) is 0 Å². The number of nitrogens with zero attached hydrogens (tertiary/aromatic N) is 1. The van der Waals surface area contributed by atoms with Crippen LogP contribution in [-0.2, 0) is 0 Å². The zero-order valence-electron chi connectivity index (χ0n) is 25.1. The Hall–Kier alpha value is -6.20. The van der Waals surface area contributed by atoms with Crippen LogP contribution in [0.1, 0.15) is 0 Å². The monoisotopic (exact) mass is 601 g/mol. The van der Waals surface area contributed by atoms with Crippen molar-refractivity contribution in [3.05, 3.63) is 146 Å². The van der Waals surface area contributed by atoms with Crippen molar-refractivity contribution in [3.8, 4) is 45.2 Å². The van der Waals surface area contributed by atoms with Gasteiger partial charge in [0.25, 0.3) is 0 Å². The molecule has 0 saturated heterocycles. The number of fused-ring (bicyclic) bond motifs is 10. The van der Waals surface area contributed by atoms with Gasteiger partial charge < -0.3 is 18.4 Å². The lowest BCUT2D eigenvalue weighted by Gasteiger charge is -2.33. The molecule has 0 radical (unpaired) electrons. The SMILES string of the molecule is c1ccc2c(c1)OB1c3ccc(-n4c5ccccc5c5ccccc54)cc3Oc3cc(-c4ccc5c(c4)oc4ccccc45)cc-2c31. The van der Waals surface area contributed by atoms with E-state index in [9.17, 15) is 0 Å². The van der Waals surface area contributed by atoms with Crippen molar-refractivity contribution < 1.29 is 13.8 Å². The molecule has 0 spiro atoms. The first-order valence-corrected chi connectivity index (χ1v) is 15.9. The van der Waals surface area contributed by atoms with Crippen LogP contribution in [0.2, 0.25) is 0 Å². The van der Waals surface area contributed by atoms with Gasteiger partial charge in [0.15, 0.2) is 0 Å². The van der Waals surface area contributed by atoms with E-state index in [0.29, 0.717) is 0 Å². The highest BCUT2D eigenvalue weighted by molar-refractivity contribution is 6.84. The van der Waals surface area contributed by atoms with Gasteiger partial charge in [-0.25, -0.2) is 0 Å². The van der Waals surface area contributed by atoms with Crippen molar-refractivity contribution in [1.29, 1.82) is 0 Å². The van der Waals surface area contributed by atoms with Crippen molar-refractivity contribution in [2.75, 3.05) is 0 Å². The highest BCUT2D eigenvalue weighted by atomic mass is 16.5. The lowest BCUT2D eigenvalue weighted by molar-refractivity contribution is 0.479. The molecule has 0 bridgehead atoms. The summed E-state index contributed by atoms with van der Waals surface area (Å²) in [6.07, 6.45) is 0. The van der Waals surface area contributed by atoms with E-state index in [1.165, 1.54) is 21.8 Å². The lowest BCUT2D eigenvalue weighted by atomic mass is 9.50. The minimum Gasteiger partial charge on any atom is -0.551 e. The molecule has 0 atom stereocenters. The van der Waals surface area contributed by atoms with Crippen LogP contribution in [0.4, 0.5) is 0 Å². The molecule has 2 aliphatic rings. The smallest absolute Gasteiger partial charge is 0.434 e. The minimum atomic E-state index is -0.280. The van der Waals surface area contributed by atoms with Gasteiger partial charge in [-0.3, -0.25) is 0 Å². The first-order chi connectivity index (χ1) is 23.3. The summed E-state index contributed by atoms with van der Waals surface area (Å²) in [5.74, 6) is 2.49. The lowest BCUT2D eigenvalue weighted by Crippen LogP contribution is -2.53. The summed E-state index contributed by atoms with van der Waals surface area (Å²) < 4.78 is 22.3. The molecule has 4 nitrogen and oxygen atoms in total. The summed E-state index contributed by atoms with van der Waals surface area (Å²) in [7, 11) is 0. The second kappa shape index (κ2) is 9.18. The fraction of sp³-hybridized carbons (Fsp3) is 0. The van der Waals surface area contributed by atoms with Gasteiger partial charge in [0.1, 0.15) is 28.4 Å². The molecule has 0 N–H and O–H groups in total. The van der Waals surface area contributed by atoms with E-state index in [1.807, 2.05) is 18.2 Å². The number of ether oxygens (including phenoxy) is 1. The van der Waals surface area contributed by atoms with Crippen LogP contribution >= 0.6 is 0 Å². The normalized spacial score (nSPS) is 13.0. The number of aromatic nitrogens is 1. The Labute approximate surface area is 270 Å². The van der Waals surface area contributed by atoms with Crippen molar-refractivity contribution >= 4 is 61.6 Å². The molecule has 0 aliphatic carbocycles. The highest BCUT2D eigenvalue weighted by Crippen LogP contribution is 2.43. The van der Waals surface area contributed by atoms with E-state index >= 15 is 0 Å². The van der Waals surface area contributed by atoms with Gasteiger partial charge in [0.2, 0.25) is 0 Å². The van der Waals surface area contributed by atoms with E-state index in [0.717, 1.165) is 78.1 Å². The van der Waals surface area contributed by atoms with Crippen molar-refractivity contribution in [1.82, 2.24) is 4.57 Å². The number of rotatable bonds is 2. The quantitative estimate of drug-likeness (QED) is 0.185. The molecule has 2 aromatic heterocycles. The Morgan fingerprint density at radius 1 is 0.468 bits per heavy atom. The fourth-order valence-corrected chi connectivity index (χ4v) is 7.76. The molecule has 0 unspecified atom stereocenters. The second-order valence-electron chi connectivity index (χ2n) is 12.4. The molecule has 0 saturated carbocycles. The van der Waals surface area contributed by atoms with Crippen LogP contribution in [0.3, 0.4) is 0 Å². The zero-order chi connectivity index (χ0) is 30.6. The Bertz CT molecular complexity index is 2720. The molecule has 9 aromatic rings. The molecule has 47 heavy (non-hydrogen) atoms. The van der Waals surface area contributed by atoms with E-state index in [1.54, 1.807) is 0 Å². The third-order valence-corrected chi connectivity index (χ3v) is 9.88. The van der Waals surface area contributed by atoms with Crippen molar-refractivity contribution in [2.45, 2.75) is 0 Å². The summed E-state index contributed by atoms with van der Waals surface area (Å²) in [5.41, 5.74) is 11.6. The van der Waals surface area contributed by atoms with Crippen LogP contribution in [-0.4, -0.2) is 11.5 Å². The van der Waals surface area contributed by atoms with Gasteiger partial charge in [-0.2, -0.15) is 0 Å². The molecule has 218 valence electrons. The Morgan fingerprint density at radius 3 is 2.04 bits per heavy atom. The first kappa shape index (κ1) is 25.0. The third kappa shape index (κ3) is 3.48. The van der Waals surface area contributed by atoms with E-state index in [4.69, 9.17) is 13.8 Å². The number of benzene rings is 7. The maximum absolute atomic E-state index is 6.88. The van der Waals surface area contributed by atoms with E-state index in [-0.39, 0.29) is 6.92 Å². The Morgan fingerprint density at radius 2 is 1.19 bits per heavy atom. The topological polar surface area (TPSA) is 36.5 Å². The largest absolute Gasteiger partial charge is 0.551 e. The molecule has 11 rings (SSSR count). The maximum atomic E-state index is 6.88. The molecule has 0 fully saturated rings. The average Bonchev–Trinajstić information content (AvgIpc) is 3.67. The van der Waals surface area contributed by atoms with Gasteiger partial charge in [-0.05, 0) is 71.3 Å². The Balaban J connectivity index is 1.11. The fourth-order valence-electron chi connectivity index (χ4n) is 7.76. The predicted molar refractivity (Wildman–Crippen MR) is 191 cm³/mol. The summed E-state index contributed by atoms with van der Waals surface area (Å²) in [4.78, 5) is 0. The molecule has 7 aromatic carbocycles. The van der Waals surface area contributed by atoms with Crippen LogP contribution in [0.5, 0.6) is 17.2 Å². The Kier molecular flexibility index (Phi) is 4.89. The standard InChI is InChI=1S/C42H24BNO3/c1-5-13-35-28(9-1)29-10-2-6-14-36(29)44(35)27-18-20-34-40(24-27)46-41-23-26(21-33-31-12-4-8-16-38(31)47-43(34)42(33)41)25-17-19-32-30-11-3-7-15-37(30)45-39(32)22-25/h1-24H. The summed E-state index contributed by atoms with van der Waals surface area (Å²) in [5, 5.41) is 4.71.